The van der Waals surface area contributed by atoms with E-state index >= 15 is 0 Å². The smallest absolute Gasteiger partial charge is 0.318 e. The van der Waals surface area contributed by atoms with E-state index in [0.29, 0.717) is 37.1 Å². The van der Waals surface area contributed by atoms with Crippen molar-refractivity contribution < 1.29 is 14.3 Å². The van der Waals surface area contributed by atoms with Crippen molar-refractivity contribution in [1.82, 2.24) is 20.1 Å². The number of aromatic nitrogens is 1. The molecule has 2 heterocycles. The highest BCUT2D eigenvalue weighted by Gasteiger charge is 2.30. The minimum atomic E-state index is -0.0667. The molecule has 1 aliphatic rings. The van der Waals surface area contributed by atoms with Crippen molar-refractivity contribution in [2.75, 3.05) is 33.3 Å². The first-order valence-electron chi connectivity index (χ1n) is 11.3. The molecule has 0 aliphatic carbocycles. The van der Waals surface area contributed by atoms with Gasteiger partial charge in [-0.25, -0.2) is 9.78 Å². The summed E-state index contributed by atoms with van der Waals surface area (Å²) in [4.78, 5) is 21.6. The molecule has 0 saturated carbocycles. The molecule has 4 rings (SSSR count). The van der Waals surface area contributed by atoms with Gasteiger partial charge in [0.15, 0.2) is 11.5 Å². The Bertz CT molecular complexity index is 1040. The number of likely N-dealkylation sites (N-methyl/N-ethyl adjacent to an activating group) is 1. The summed E-state index contributed by atoms with van der Waals surface area (Å²) in [7, 11) is 2.09. The number of para-hydroxylation sites is 2. The molecule has 0 radical (unpaired) electrons. The summed E-state index contributed by atoms with van der Waals surface area (Å²) in [5.41, 5.74) is 2.05. The molecule has 7 heteroatoms. The number of pyridine rings is 1. The number of amides is 2. The second kappa shape index (κ2) is 10.8. The highest BCUT2D eigenvalue weighted by atomic mass is 16.5. The molecule has 1 saturated heterocycles. The Kier molecular flexibility index (Phi) is 7.42. The maximum Gasteiger partial charge on any atom is 0.318 e. The monoisotopic (exact) mass is 446 g/mol. The fraction of sp³-hybridized carbons (Fsp3) is 0.308. The van der Waals surface area contributed by atoms with Crippen LogP contribution in [0.15, 0.2) is 72.9 Å². The molecule has 33 heavy (non-hydrogen) atoms. The van der Waals surface area contributed by atoms with Crippen molar-refractivity contribution in [3.8, 4) is 17.4 Å². The third-order valence-electron chi connectivity index (χ3n) is 5.63. The van der Waals surface area contributed by atoms with Crippen LogP contribution in [0, 0.1) is 0 Å². The van der Waals surface area contributed by atoms with Gasteiger partial charge in [0, 0.05) is 38.4 Å². The Labute approximate surface area is 195 Å². The molecular formula is C26H30N4O3. The van der Waals surface area contributed by atoms with Crippen molar-refractivity contribution >= 4 is 6.03 Å². The van der Waals surface area contributed by atoms with E-state index in [9.17, 15) is 4.79 Å². The molecule has 172 valence electrons. The Morgan fingerprint density at radius 1 is 1.03 bits per heavy atom. The third-order valence-corrected chi connectivity index (χ3v) is 5.63. The number of carbonyl (C=O) groups is 1. The average Bonchev–Trinajstić information content (AvgIpc) is 2.85. The van der Waals surface area contributed by atoms with E-state index in [1.807, 2.05) is 60.4 Å². The number of ether oxygens (including phenoxy) is 2. The number of nitrogens with zero attached hydrogens (tertiary/aromatic N) is 3. The molecule has 1 unspecified atom stereocenters. The van der Waals surface area contributed by atoms with Gasteiger partial charge < -0.3 is 24.6 Å². The number of rotatable bonds is 7. The van der Waals surface area contributed by atoms with Gasteiger partial charge in [0.2, 0.25) is 5.88 Å². The molecule has 1 aliphatic heterocycles. The predicted octanol–water partition coefficient (Wildman–Crippen LogP) is 4.47. The number of piperazine rings is 1. The van der Waals surface area contributed by atoms with E-state index in [1.54, 1.807) is 12.3 Å². The van der Waals surface area contributed by atoms with Crippen LogP contribution >= 0.6 is 0 Å². The second-order valence-corrected chi connectivity index (χ2v) is 8.03. The minimum absolute atomic E-state index is 0.0317. The number of hydrogen-bond acceptors (Lipinski definition) is 5. The van der Waals surface area contributed by atoms with Crippen LogP contribution in [-0.2, 0) is 6.54 Å². The van der Waals surface area contributed by atoms with Gasteiger partial charge in [-0.1, -0.05) is 48.5 Å². The summed E-state index contributed by atoms with van der Waals surface area (Å²) in [6, 6.07) is 21.4. The maximum absolute atomic E-state index is 13.0. The fourth-order valence-electron chi connectivity index (χ4n) is 3.90. The average molecular weight is 447 g/mol. The Morgan fingerprint density at radius 3 is 2.52 bits per heavy atom. The summed E-state index contributed by atoms with van der Waals surface area (Å²) in [5, 5.41) is 3.05. The van der Waals surface area contributed by atoms with Gasteiger partial charge in [0.05, 0.1) is 12.6 Å². The summed E-state index contributed by atoms with van der Waals surface area (Å²) in [5.74, 6) is 1.77. The molecule has 1 fully saturated rings. The van der Waals surface area contributed by atoms with Crippen molar-refractivity contribution in [2.24, 2.45) is 0 Å². The third kappa shape index (κ3) is 5.81. The first-order valence-corrected chi connectivity index (χ1v) is 11.3. The van der Waals surface area contributed by atoms with Crippen molar-refractivity contribution in [3.05, 3.63) is 84.1 Å². The number of hydrogen-bond donors (Lipinski definition) is 1. The highest BCUT2D eigenvalue weighted by molar-refractivity contribution is 5.75. The first-order chi connectivity index (χ1) is 16.1. The topological polar surface area (TPSA) is 66.9 Å². The van der Waals surface area contributed by atoms with Gasteiger partial charge in [-0.2, -0.15) is 0 Å². The molecule has 0 bridgehead atoms. The van der Waals surface area contributed by atoms with Gasteiger partial charge in [0.1, 0.15) is 0 Å². The molecule has 2 amide bonds. The summed E-state index contributed by atoms with van der Waals surface area (Å²) in [6.45, 7) is 5.25. The van der Waals surface area contributed by atoms with E-state index in [0.717, 1.165) is 24.2 Å². The SMILES string of the molecule is CCOc1ccccc1Oc1ccc(CNC(=O)N2CCN(C)CC2c2ccccc2)cn1. The number of urea groups is 1. The molecule has 0 spiro atoms. The normalized spacial score (nSPS) is 16.3. The van der Waals surface area contributed by atoms with Crippen molar-refractivity contribution in [3.63, 3.8) is 0 Å². The Morgan fingerprint density at radius 2 is 1.79 bits per heavy atom. The molecule has 3 aromatic rings. The standard InChI is InChI=1S/C26H30N4O3/c1-3-32-23-11-7-8-12-24(23)33-25-14-13-20(17-27-25)18-28-26(31)30-16-15-29(2)19-22(30)21-9-5-4-6-10-21/h4-14,17,22H,3,15-16,18-19H2,1-2H3,(H,28,31). The fourth-order valence-corrected chi connectivity index (χ4v) is 3.90. The highest BCUT2D eigenvalue weighted by Crippen LogP contribution is 2.30. The van der Waals surface area contributed by atoms with Crippen LogP contribution in [0.3, 0.4) is 0 Å². The number of carbonyl (C=O) groups excluding carboxylic acids is 1. The van der Waals surface area contributed by atoms with Gasteiger partial charge in [-0.15, -0.1) is 0 Å². The zero-order chi connectivity index (χ0) is 23.0. The number of nitrogens with one attached hydrogen (secondary N) is 1. The second-order valence-electron chi connectivity index (χ2n) is 8.03. The molecule has 1 aromatic heterocycles. The van der Waals surface area contributed by atoms with Crippen LogP contribution in [0.4, 0.5) is 4.79 Å². The Hall–Kier alpha value is -3.58. The van der Waals surface area contributed by atoms with Crippen LogP contribution in [0.25, 0.3) is 0 Å². The predicted molar refractivity (Wildman–Crippen MR) is 128 cm³/mol. The van der Waals surface area contributed by atoms with Crippen LogP contribution in [0.1, 0.15) is 24.1 Å². The lowest BCUT2D eigenvalue weighted by Crippen LogP contribution is -2.52. The van der Waals surface area contributed by atoms with E-state index in [1.165, 1.54) is 0 Å². The van der Waals surface area contributed by atoms with Crippen LogP contribution in [0.5, 0.6) is 17.4 Å². The van der Waals surface area contributed by atoms with Gasteiger partial charge >= 0.3 is 6.03 Å². The Balaban J connectivity index is 1.36. The summed E-state index contributed by atoms with van der Waals surface area (Å²) < 4.78 is 11.5. The lowest BCUT2D eigenvalue weighted by molar-refractivity contribution is 0.108. The number of benzene rings is 2. The van der Waals surface area contributed by atoms with Crippen molar-refractivity contribution in [1.29, 1.82) is 0 Å². The van der Waals surface area contributed by atoms with E-state index < -0.39 is 0 Å². The van der Waals surface area contributed by atoms with Gasteiger partial charge in [-0.3, -0.25) is 0 Å². The quantitative estimate of drug-likeness (QED) is 0.580. The lowest BCUT2D eigenvalue weighted by atomic mass is 10.0. The lowest BCUT2D eigenvalue weighted by Gasteiger charge is -2.40. The minimum Gasteiger partial charge on any atom is -0.490 e. The summed E-state index contributed by atoms with van der Waals surface area (Å²) >= 11 is 0. The largest absolute Gasteiger partial charge is 0.490 e. The zero-order valence-corrected chi connectivity index (χ0v) is 19.1. The molecule has 7 nitrogen and oxygen atoms in total. The van der Waals surface area contributed by atoms with E-state index in [2.05, 4.69) is 34.4 Å². The first kappa shape index (κ1) is 22.6. The van der Waals surface area contributed by atoms with Gasteiger partial charge in [-0.05, 0) is 37.2 Å². The maximum atomic E-state index is 13.0. The van der Waals surface area contributed by atoms with E-state index in [4.69, 9.17) is 9.47 Å². The van der Waals surface area contributed by atoms with Crippen LogP contribution in [-0.4, -0.2) is 54.1 Å². The van der Waals surface area contributed by atoms with Gasteiger partial charge in [0.25, 0.3) is 0 Å². The van der Waals surface area contributed by atoms with Crippen LogP contribution < -0.4 is 14.8 Å². The summed E-state index contributed by atoms with van der Waals surface area (Å²) in [6.07, 6.45) is 1.72. The molecular weight excluding hydrogens is 416 g/mol. The molecule has 2 aromatic carbocycles. The molecule has 1 atom stereocenters. The van der Waals surface area contributed by atoms with E-state index in [-0.39, 0.29) is 12.1 Å². The molecule has 1 N–H and O–H groups in total. The van der Waals surface area contributed by atoms with Crippen molar-refractivity contribution in [2.45, 2.75) is 19.5 Å². The van der Waals surface area contributed by atoms with Crippen LogP contribution in [0.2, 0.25) is 0 Å². The zero-order valence-electron chi connectivity index (χ0n) is 19.1.